The van der Waals surface area contributed by atoms with Crippen LogP contribution in [0.15, 0.2) is 46.2 Å². The molecule has 0 aliphatic rings. The van der Waals surface area contributed by atoms with E-state index in [1.807, 2.05) is 23.5 Å². The van der Waals surface area contributed by atoms with Crippen LogP contribution in [0.25, 0.3) is 0 Å². The molecule has 0 heterocycles. The minimum Gasteiger partial charge on any atom is -0.379 e. The Kier molecular flexibility index (Phi) is 15.9. The average Bonchev–Trinajstić information content (AvgIpc) is 2.82. The fraction of sp³-hybridized carbons (Fsp3) is 0.647. The summed E-state index contributed by atoms with van der Waals surface area (Å²) in [5.41, 5.74) is 5.82. The van der Waals surface area contributed by atoms with Gasteiger partial charge in [0.2, 0.25) is 0 Å². The summed E-state index contributed by atoms with van der Waals surface area (Å²) in [6.45, 7) is 29.3. The Bertz CT molecular complexity index is 887. The Morgan fingerprint density at radius 1 is 0.526 bits per heavy atom. The number of ether oxygens (including phenoxy) is 1. The van der Waals surface area contributed by atoms with E-state index in [1.165, 1.54) is 32.0 Å². The van der Waals surface area contributed by atoms with Gasteiger partial charge in [0, 0.05) is 40.7 Å². The van der Waals surface area contributed by atoms with Gasteiger partial charge in [-0.25, -0.2) is 0 Å². The summed E-state index contributed by atoms with van der Waals surface area (Å²) < 4.78 is 6.51. The van der Waals surface area contributed by atoms with Crippen LogP contribution in [-0.4, -0.2) is 23.7 Å². The van der Waals surface area contributed by atoms with Gasteiger partial charge in [-0.15, -0.1) is 23.5 Å². The third-order valence-electron chi connectivity index (χ3n) is 7.25. The van der Waals surface area contributed by atoms with E-state index in [1.54, 1.807) is 0 Å². The Hall–Kier alpha value is -0.238. The molecule has 0 spiro atoms. The molecule has 38 heavy (non-hydrogen) atoms. The zero-order valence-corrected chi connectivity index (χ0v) is 29.2. The van der Waals surface area contributed by atoms with Crippen molar-refractivity contribution in [1.82, 2.24) is 0 Å². The van der Waals surface area contributed by atoms with Gasteiger partial charge in [-0.1, -0.05) is 107 Å². The fourth-order valence-electron chi connectivity index (χ4n) is 4.32. The smallest absolute Gasteiger partial charge is 0.0591 e. The van der Waals surface area contributed by atoms with Gasteiger partial charge in [0.05, 0.1) is 13.2 Å². The first-order valence-electron chi connectivity index (χ1n) is 14.5. The van der Waals surface area contributed by atoms with Crippen LogP contribution in [0.1, 0.15) is 129 Å². The molecule has 2 atom stereocenters. The molecule has 218 valence electrons. The van der Waals surface area contributed by atoms with Crippen LogP contribution in [0.3, 0.4) is 0 Å². The van der Waals surface area contributed by atoms with Crippen molar-refractivity contribution in [1.29, 1.82) is 0 Å². The van der Waals surface area contributed by atoms with Crippen LogP contribution >= 0.6 is 23.5 Å². The first-order chi connectivity index (χ1) is 17.3. The molecule has 0 fully saturated rings. The van der Waals surface area contributed by atoms with Gasteiger partial charge < -0.3 is 4.74 Å². The second-order valence-electron chi connectivity index (χ2n) is 12.6. The number of hydrogen-bond acceptors (Lipinski definition) is 3. The molecule has 0 saturated heterocycles. The standard InChI is InChI=1S/C34H54OS2.Pd/c1-21(2)27-13-15-31(29(17-27)23(5)6)36-33(25(9)10)19-35-20-34(26(11)12)37-32-16-14-28(22(3)4)18-30(32)24(7)8;/h13-18,21-26,33-34H,19-20H2,1-12H3;. The van der Waals surface area contributed by atoms with E-state index in [4.69, 9.17) is 4.74 Å². The molecule has 2 rings (SSSR count). The van der Waals surface area contributed by atoms with Crippen molar-refractivity contribution in [2.45, 2.75) is 127 Å². The van der Waals surface area contributed by atoms with Crippen LogP contribution in [-0.2, 0) is 25.2 Å². The number of benzene rings is 2. The zero-order valence-electron chi connectivity index (χ0n) is 26.0. The van der Waals surface area contributed by atoms with Crippen LogP contribution in [0.2, 0.25) is 0 Å². The maximum atomic E-state index is 6.51. The van der Waals surface area contributed by atoms with Gasteiger partial charge >= 0.3 is 0 Å². The number of rotatable bonds is 14. The van der Waals surface area contributed by atoms with E-state index in [0.29, 0.717) is 46.0 Å². The molecule has 4 heteroatoms. The monoisotopic (exact) mass is 648 g/mol. The molecule has 1 nitrogen and oxygen atoms in total. The van der Waals surface area contributed by atoms with E-state index in [2.05, 4.69) is 119 Å². The molecule has 0 aliphatic carbocycles. The molecule has 2 aromatic carbocycles. The molecule has 0 bridgehead atoms. The zero-order chi connectivity index (χ0) is 27.9. The largest absolute Gasteiger partial charge is 0.379 e. The van der Waals surface area contributed by atoms with E-state index in [9.17, 15) is 0 Å². The topological polar surface area (TPSA) is 9.23 Å². The summed E-state index contributed by atoms with van der Waals surface area (Å²) in [5.74, 6) is 3.27. The molecule has 0 aromatic heterocycles. The molecule has 0 radical (unpaired) electrons. The van der Waals surface area contributed by atoms with Crippen LogP contribution < -0.4 is 0 Å². The average molecular weight is 649 g/mol. The van der Waals surface area contributed by atoms with Crippen LogP contribution in [0, 0.1) is 11.8 Å². The summed E-state index contributed by atoms with van der Waals surface area (Å²) in [4.78, 5) is 2.84. The normalized spacial score (nSPS) is 13.7. The summed E-state index contributed by atoms with van der Waals surface area (Å²) in [7, 11) is 0. The van der Waals surface area contributed by atoms with Gasteiger partial charge in [0.1, 0.15) is 0 Å². The molecule has 0 saturated carbocycles. The van der Waals surface area contributed by atoms with Gasteiger partial charge in [-0.3, -0.25) is 0 Å². The molecule has 0 amide bonds. The van der Waals surface area contributed by atoms with Gasteiger partial charge in [-0.05, 0) is 69.9 Å². The predicted octanol–water partition coefficient (Wildman–Crippen LogP) is 11.1. The molecular formula is C34H54OPdS2. The van der Waals surface area contributed by atoms with Gasteiger partial charge in [-0.2, -0.15) is 0 Å². The predicted molar refractivity (Wildman–Crippen MR) is 169 cm³/mol. The molecule has 2 aromatic rings. The SMILES string of the molecule is CC(C)c1ccc(SC(COCC(Sc2ccc(C(C)C)cc2C(C)C)C(C)C)C(C)C)c(C(C)C)c1.[Pd]. The van der Waals surface area contributed by atoms with E-state index in [0.717, 1.165) is 13.2 Å². The van der Waals surface area contributed by atoms with Crippen molar-refractivity contribution in [3.05, 3.63) is 58.7 Å². The van der Waals surface area contributed by atoms with Crippen LogP contribution in [0.4, 0.5) is 0 Å². The fourth-order valence-corrected chi connectivity index (χ4v) is 7.00. The Morgan fingerprint density at radius 2 is 0.868 bits per heavy atom. The maximum Gasteiger partial charge on any atom is 0.0591 e. The van der Waals surface area contributed by atoms with E-state index in [-0.39, 0.29) is 20.4 Å². The summed E-state index contributed by atoms with van der Waals surface area (Å²) in [6, 6.07) is 14.2. The van der Waals surface area contributed by atoms with Crippen molar-refractivity contribution in [2.24, 2.45) is 11.8 Å². The van der Waals surface area contributed by atoms with Gasteiger partial charge in [0.15, 0.2) is 0 Å². The molecule has 0 aliphatic heterocycles. The molecule has 0 N–H and O–H groups in total. The Labute approximate surface area is 258 Å². The van der Waals surface area contributed by atoms with Crippen molar-refractivity contribution in [2.75, 3.05) is 13.2 Å². The second-order valence-corrected chi connectivity index (χ2v) is 15.1. The number of hydrogen-bond donors (Lipinski definition) is 0. The first-order valence-corrected chi connectivity index (χ1v) is 16.3. The van der Waals surface area contributed by atoms with Crippen molar-refractivity contribution in [3.8, 4) is 0 Å². The van der Waals surface area contributed by atoms with Crippen molar-refractivity contribution < 1.29 is 25.2 Å². The van der Waals surface area contributed by atoms with Crippen molar-refractivity contribution in [3.63, 3.8) is 0 Å². The van der Waals surface area contributed by atoms with E-state index >= 15 is 0 Å². The Balaban J connectivity index is 0.00000722. The minimum atomic E-state index is 0. The Morgan fingerprint density at radius 3 is 1.13 bits per heavy atom. The summed E-state index contributed by atoms with van der Waals surface area (Å²) >= 11 is 4.03. The van der Waals surface area contributed by atoms with E-state index < -0.39 is 0 Å². The van der Waals surface area contributed by atoms with Crippen molar-refractivity contribution >= 4 is 23.5 Å². The molecule has 2 unspecified atom stereocenters. The third-order valence-corrected chi connectivity index (χ3v) is 10.5. The second kappa shape index (κ2) is 16.9. The quantitative estimate of drug-likeness (QED) is 0.149. The van der Waals surface area contributed by atoms with Crippen LogP contribution in [0.5, 0.6) is 0 Å². The summed E-state index contributed by atoms with van der Waals surface area (Å²) in [6.07, 6.45) is 0. The third kappa shape index (κ3) is 10.6. The maximum absolute atomic E-state index is 6.51. The first kappa shape index (κ1) is 35.8. The minimum absolute atomic E-state index is 0. The number of thioether (sulfide) groups is 2. The van der Waals surface area contributed by atoms with Gasteiger partial charge in [0.25, 0.3) is 0 Å². The molecular weight excluding hydrogens is 595 g/mol. The summed E-state index contributed by atoms with van der Waals surface area (Å²) in [5, 5.41) is 0.883.